The van der Waals surface area contributed by atoms with Crippen molar-refractivity contribution in [3.05, 3.63) is 41.2 Å². The molecule has 1 aliphatic heterocycles. The number of nitrogens with one attached hydrogen (secondary N) is 2. The molecule has 0 atom stereocenters. The molecule has 0 spiro atoms. The summed E-state index contributed by atoms with van der Waals surface area (Å²) < 4.78 is 0. The Morgan fingerprint density at radius 3 is 2.95 bits per heavy atom. The van der Waals surface area contributed by atoms with Gasteiger partial charge in [-0.05, 0) is 38.1 Å². The summed E-state index contributed by atoms with van der Waals surface area (Å²) in [6.45, 7) is 2.08. The summed E-state index contributed by atoms with van der Waals surface area (Å²) in [5, 5.41) is 8.84. The third-order valence-electron chi connectivity index (χ3n) is 3.40. The van der Waals surface area contributed by atoms with E-state index in [2.05, 4.69) is 20.6 Å². The Morgan fingerprint density at radius 2 is 2.20 bits per heavy atom. The number of thiazole rings is 1. The summed E-state index contributed by atoms with van der Waals surface area (Å²) in [7, 11) is 0. The maximum absolute atomic E-state index is 12.0. The van der Waals surface area contributed by atoms with Gasteiger partial charge in [0, 0.05) is 17.5 Å². The lowest BCUT2D eigenvalue weighted by Crippen LogP contribution is -2.26. The number of hydrogen-bond acceptors (Lipinski definition) is 5. The van der Waals surface area contributed by atoms with E-state index >= 15 is 0 Å². The van der Waals surface area contributed by atoms with E-state index in [0.717, 1.165) is 31.6 Å². The molecule has 5 nitrogen and oxygen atoms in total. The quantitative estimate of drug-likeness (QED) is 0.909. The van der Waals surface area contributed by atoms with Crippen molar-refractivity contribution in [1.82, 2.24) is 15.3 Å². The summed E-state index contributed by atoms with van der Waals surface area (Å²) in [6, 6.07) is 5.27. The highest BCUT2D eigenvalue weighted by Gasteiger charge is 2.18. The lowest BCUT2D eigenvalue weighted by Gasteiger charge is -2.20. The Morgan fingerprint density at radius 1 is 1.35 bits per heavy atom. The molecule has 104 valence electrons. The number of carbonyl (C=O) groups is 1. The average Bonchev–Trinajstić information content (AvgIpc) is 2.97. The van der Waals surface area contributed by atoms with Gasteiger partial charge in [-0.1, -0.05) is 6.07 Å². The van der Waals surface area contributed by atoms with Crippen LogP contribution in [0.2, 0.25) is 0 Å². The van der Waals surface area contributed by atoms with Crippen LogP contribution < -0.4 is 10.6 Å². The predicted molar refractivity (Wildman–Crippen MR) is 79.1 cm³/mol. The number of nitrogens with zero attached hydrogens (tertiary/aromatic N) is 2. The Labute approximate surface area is 121 Å². The molecule has 0 radical (unpaired) electrons. The first-order chi connectivity index (χ1) is 9.83. The van der Waals surface area contributed by atoms with E-state index in [4.69, 9.17) is 0 Å². The highest BCUT2D eigenvalue weighted by atomic mass is 32.1. The number of carbonyl (C=O) groups excluding carboxylic acids is 1. The molecule has 0 saturated carbocycles. The topological polar surface area (TPSA) is 66.9 Å². The lowest BCUT2D eigenvalue weighted by molar-refractivity contribution is 0.102. The first-order valence-corrected chi connectivity index (χ1v) is 7.59. The van der Waals surface area contributed by atoms with E-state index in [9.17, 15) is 4.79 Å². The predicted octanol–water partition coefficient (Wildman–Crippen LogP) is 2.26. The Hall–Kier alpha value is -1.79. The molecule has 6 heteroatoms. The minimum absolute atomic E-state index is 0.211. The first-order valence-electron chi connectivity index (χ1n) is 6.71. The van der Waals surface area contributed by atoms with E-state index in [1.807, 2.05) is 5.38 Å². The molecule has 3 heterocycles. The largest absolute Gasteiger partial charge is 0.317 e. The fraction of sp³-hybridized carbons (Fsp3) is 0.357. The van der Waals surface area contributed by atoms with Gasteiger partial charge in [-0.25, -0.2) is 4.98 Å². The summed E-state index contributed by atoms with van der Waals surface area (Å²) >= 11 is 1.47. The van der Waals surface area contributed by atoms with Crippen molar-refractivity contribution < 1.29 is 4.79 Å². The van der Waals surface area contributed by atoms with Gasteiger partial charge < -0.3 is 5.32 Å². The van der Waals surface area contributed by atoms with Crippen molar-refractivity contribution in [2.24, 2.45) is 0 Å². The summed E-state index contributed by atoms with van der Waals surface area (Å²) in [5.74, 6) is 0.296. The summed E-state index contributed by atoms with van der Waals surface area (Å²) in [4.78, 5) is 20.5. The minimum atomic E-state index is -0.211. The van der Waals surface area contributed by atoms with Crippen LogP contribution in [0.1, 0.15) is 34.9 Å². The molecule has 1 amide bonds. The molecule has 0 unspecified atom stereocenters. The van der Waals surface area contributed by atoms with E-state index in [1.54, 1.807) is 24.4 Å². The van der Waals surface area contributed by atoms with Crippen LogP contribution in [0.4, 0.5) is 5.13 Å². The lowest BCUT2D eigenvalue weighted by atomic mass is 9.96. The molecule has 2 N–H and O–H groups in total. The number of rotatable bonds is 3. The smallest absolute Gasteiger partial charge is 0.276 e. The van der Waals surface area contributed by atoms with Gasteiger partial charge in [-0.2, -0.15) is 0 Å². The van der Waals surface area contributed by atoms with Crippen molar-refractivity contribution in [3.63, 3.8) is 0 Å². The second-order valence-corrected chi connectivity index (χ2v) is 5.63. The van der Waals surface area contributed by atoms with Crippen LogP contribution in [-0.2, 0) is 0 Å². The SMILES string of the molecule is O=C(Nc1nc(C2CCNCC2)cs1)c1ccccn1. The number of aromatic nitrogens is 2. The van der Waals surface area contributed by atoms with Crippen LogP contribution in [0.5, 0.6) is 0 Å². The molecule has 1 aliphatic rings. The van der Waals surface area contributed by atoms with Gasteiger partial charge >= 0.3 is 0 Å². The number of piperidine rings is 1. The van der Waals surface area contributed by atoms with Gasteiger partial charge in [0.15, 0.2) is 5.13 Å². The number of hydrogen-bond donors (Lipinski definition) is 2. The summed E-state index contributed by atoms with van der Waals surface area (Å²) in [6.07, 6.45) is 3.83. The highest BCUT2D eigenvalue weighted by Crippen LogP contribution is 2.28. The molecule has 0 aliphatic carbocycles. The number of amides is 1. The molecule has 0 bridgehead atoms. The van der Waals surface area contributed by atoms with E-state index in [0.29, 0.717) is 16.7 Å². The van der Waals surface area contributed by atoms with Gasteiger partial charge in [0.1, 0.15) is 5.69 Å². The molecule has 20 heavy (non-hydrogen) atoms. The van der Waals surface area contributed by atoms with Crippen LogP contribution in [0, 0.1) is 0 Å². The molecule has 1 fully saturated rings. The number of anilines is 1. The van der Waals surface area contributed by atoms with E-state index < -0.39 is 0 Å². The molecule has 1 saturated heterocycles. The van der Waals surface area contributed by atoms with Gasteiger partial charge in [0.2, 0.25) is 0 Å². The summed E-state index contributed by atoms with van der Waals surface area (Å²) in [5.41, 5.74) is 1.50. The monoisotopic (exact) mass is 288 g/mol. The zero-order valence-electron chi connectivity index (χ0n) is 11.0. The van der Waals surface area contributed by atoms with Crippen molar-refractivity contribution in [2.75, 3.05) is 18.4 Å². The van der Waals surface area contributed by atoms with Gasteiger partial charge in [-0.15, -0.1) is 11.3 Å². The Kier molecular flexibility index (Phi) is 4.03. The van der Waals surface area contributed by atoms with Crippen molar-refractivity contribution in [2.45, 2.75) is 18.8 Å². The molecule has 2 aromatic rings. The number of pyridine rings is 1. The van der Waals surface area contributed by atoms with Crippen LogP contribution >= 0.6 is 11.3 Å². The molecular formula is C14H16N4OS. The van der Waals surface area contributed by atoms with Gasteiger partial charge in [0.05, 0.1) is 5.69 Å². The molecular weight excluding hydrogens is 272 g/mol. The third kappa shape index (κ3) is 3.02. The van der Waals surface area contributed by atoms with Crippen molar-refractivity contribution in [3.8, 4) is 0 Å². The fourth-order valence-corrected chi connectivity index (χ4v) is 3.09. The molecule has 3 rings (SSSR count). The third-order valence-corrected chi connectivity index (χ3v) is 4.17. The minimum Gasteiger partial charge on any atom is -0.317 e. The molecule has 2 aromatic heterocycles. The second-order valence-electron chi connectivity index (χ2n) is 4.77. The zero-order valence-corrected chi connectivity index (χ0v) is 11.8. The van der Waals surface area contributed by atoms with Crippen molar-refractivity contribution >= 4 is 22.4 Å². The van der Waals surface area contributed by atoms with E-state index in [-0.39, 0.29) is 5.91 Å². The van der Waals surface area contributed by atoms with Gasteiger partial charge in [-0.3, -0.25) is 15.1 Å². The normalized spacial score (nSPS) is 16.0. The second kappa shape index (κ2) is 6.11. The van der Waals surface area contributed by atoms with Crippen molar-refractivity contribution in [1.29, 1.82) is 0 Å². The standard InChI is InChI=1S/C14H16N4OS/c19-13(11-3-1-2-6-16-11)18-14-17-12(9-20-14)10-4-7-15-8-5-10/h1-3,6,9-10,15H,4-5,7-8H2,(H,17,18,19). The highest BCUT2D eigenvalue weighted by molar-refractivity contribution is 7.14. The van der Waals surface area contributed by atoms with E-state index in [1.165, 1.54) is 11.3 Å². The fourth-order valence-electron chi connectivity index (χ4n) is 2.31. The first kappa shape index (κ1) is 13.2. The van der Waals surface area contributed by atoms with Crippen LogP contribution in [0.25, 0.3) is 0 Å². The van der Waals surface area contributed by atoms with Crippen LogP contribution in [-0.4, -0.2) is 29.0 Å². The Balaban J connectivity index is 1.66. The van der Waals surface area contributed by atoms with Gasteiger partial charge in [0.25, 0.3) is 5.91 Å². The van der Waals surface area contributed by atoms with Crippen LogP contribution in [0.3, 0.4) is 0 Å². The zero-order chi connectivity index (χ0) is 13.8. The maximum Gasteiger partial charge on any atom is 0.276 e. The Bertz CT molecular complexity index is 578. The average molecular weight is 288 g/mol. The van der Waals surface area contributed by atoms with Crippen LogP contribution in [0.15, 0.2) is 29.8 Å². The molecule has 0 aromatic carbocycles. The maximum atomic E-state index is 12.0.